The number of hydrogen-bond acceptors (Lipinski definition) is 14. The van der Waals surface area contributed by atoms with Crippen LogP contribution in [0.1, 0.15) is 32.6 Å². The van der Waals surface area contributed by atoms with Crippen molar-refractivity contribution in [3.63, 3.8) is 0 Å². The second kappa shape index (κ2) is 25.4. The number of amides is 1. The van der Waals surface area contributed by atoms with E-state index in [0.29, 0.717) is 82.4 Å². The Bertz CT molecular complexity index is 2500. The molecule has 4 aromatic carbocycles. The van der Waals surface area contributed by atoms with Crippen molar-refractivity contribution in [2.75, 3.05) is 64.2 Å². The van der Waals surface area contributed by atoms with Gasteiger partial charge in [-0.05, 0) is 69.3 Å². The number of carbonyl (C=O) groups excluding carboxylic acids is 1. The van der Waals surface area contributed by atoms with Crippen molar-refractivity contribution in [2.45, 2.75) is 44.8 Å². The van der Waals surface area contributed by atoms with Gasteiger partial charge in [-0.3, -0.25) is 4.79 Å². The fourth-order valence-corrected chi connectivity index (χ4v) is 7.23. The first-order chi connectivity index (χ1) is 30.6. The van der Waals surface area contributed by atoms with Gasteiger partial charge in [-0.15, -0.1) is 24.8 Å². The molecule has 2 aliphatic rings. The zero-order chi connectivity index (χ0) is 44.9. The van der Waals surface area contributed by atoms with Crippen LogP contribution in [-0.4, -0.2) is 107 Å². The summed E-state index contributed by atoms with van der Waals surface area (Å²) in [6.45, 7) is 4.29. The number of fused-ring (bicyclic) bond motifs is 2. The van der Waals surface area contributed by atoms with Gasteiger partial charge in [-0.1, -0.05) is 35.3 Å². The molecule has 21 heteroatoms. The first-order valence-electron chi connectivity index (χ1n) is 20.2. The largest absolute Gasteiger partial charge is 0.493 e. The third-order valence-electron chi connectivity index (χ3n) is 10.1. The lowest BCUT2D eigenvalue weighted by Crippen LogP contribution is -2.42. The van der Waals surface area contributed by atoms with Crippen LogP contribution < -0.4 is 34.9 Å². The number of methoxy groups -OCH3 is 2. The summed E-state index contributed by atoms with van der Waals surface area (Å²) in [7, 11) is 3.14. The number of benzene rings is 4. The first kappa shape index (κ1) is 52.4. The number of piperidine rings is 2. The van der Waals surface area contributed by atoms with Crippen LogP contribution in [0.5, 0.6) is 23.0 Å². The number of nitrogens with one attached hydrogen (secondary N) is 3. The zero-order valence-corrected chi connectivity index (χ0v) is 38.8. The van der Waals surface area contributed by atoms with Gasteiger partial charge in [0.1, 0.15) is 43.1 Å². The number of anilines is 4. The quantitative estimate of drug-likeness (QED) is 0.0831. The molecule has 0 saturated carbocycles. The van der Waals surface area contributed by atoms with Gasteiger partial charge in [0.25, 0.3) is 0 Å². The average molecular weight is 983 g/mol. The second-order valence-electron chi connectivity index (χ2n) is 14.2. The molecule has 0 aliphatic carbocycles. The number of ether oxygens (including phenoxy) is 4. The van der Waals surface area contributed by atoms with Gasteiger partial charge >= 0.3 is 0 Å². The minimum Gasteiger partial charge on any atom is -0.493 e. The van der Waals surface area contributed by atoms with E-state index in [-0.39, 0.29) is 71.0 Å². The highest BCUT2D eigenvalue weighted by molar-refractivity contribution is 6.31. The first-order valence-corrected chi connectivity index (χ1v) is 20.9. The normalized spacial score (nSPS) is 13.8. The Balaban J connectivity index is 0.000000263. The Hall–Kier alpha value is -5.27. The molecule has 15 nitrogen and oxygen atoms in total. The Morgan fingerprint density at radius 3 is 1.57 bits per heavy atom. The number of rotatable bonds is 11. The summed E-state index contributed by atoms with van der Waals surface area (Å²) in [4.78, 5) is 30.4. The molecule has 0 spiro atoms. The summed E-state index contributed by atoms with van der Waals surface area (Å²) in [5, 5.41) is 27.3. The number of hydrogen-bond donors (Lipinski definition) is 5. The highest BCUT2D eigenvalue weighted by Gasteiger charge is 2.25. The third-order valence-corrected chi connectivity index (χ3v) is 10.6. The van der Waals surface area contributed by atoms with Crippen LogP contribution in [0.3, 0.4) is 0 Å². The summed E-state index contributed by atoms with van der Waals surface area (Å²) < 4.78 is 52.0. The van der Waals surface area contributed by atoms with Crippen LogP contribution in [0.2, 0.25) is 10.0 Å². The molecule has 2 aliphatic heterocycles. The van der Waals surface area contributed by atoms with Gasteiger partial charge in [-0.2, -0.15) is 0 Å². The van der Waals surface area contributed by atoms with Crippen LogP contribution in [0, 0.1) is 11.6 Å². The van der Waals surface area contributed by atoms with Gasteiger partial charge in [0.2, 0.25) is 5.91 Å². The zero-order valence-electron chi connectivity index (χ0n) is 35.7. The Morgan fingerprint density at radius 1 is 0.723 bits per heavy atom. The third kappa shape index (κ3) is 13.4. The molecule has 0 unspecified atom stereocenters. The highest BCUT2D eigenvalue weighted by atomic mass is 35.5. The average Bonchev–Trinajstić information content (AvgIpc) is 3.30. The number of aliphatic hydroxyl groups is 2. The standard InChI is InChI=1S/C22H22ClFN4O4.C20H20ClFN4O2.C2H6O.2ClH/c1-31-18-10-17-14(9-19(18)32-13-5-7-28(8-6-13)20(30)11-29)22(26-12-25-17)27-16-4-2-3-15(23)21(16)24;1-27-17-10-16-13(9-18(17)28-12-5-7-23-8-6-12)20(25-11-24-16)26-15-4-2-3-14(21)19(15)22;1-2-3;;/h2-4,9-10,12-13,29H,5-8,11H2,1H3,(H,25,26,27);2-4,9-12,23H,5-8H2,1H3,(H,24,25,26);3H,2H2,1H3;2*1H. The maximum absolute atomic E-state index is 14.4. The lowest BCUT2D eigenvalue weighted by molar-refractivity contribution is -0.135. The molecule has 6 aromatic rings. The van der Waals surface area contributed by atoms with Crippen molar-refractivity contribution in [1.82, 2.24) is 30.2 Å². The number of aliphatic hydroxyl groups excluding tert-OH is 2. The number of likely N-dealkylation sites (tertiary alicyclic amines) is 1. The molecule has 0 bridgehead atoms. The van der Waals surface area contributed by atoms with E-state index in [9.17, 15) is 13.6 Å². The second-order valence-corrected chi connectivity index (χ2v) is 15.0. The molecule has 0 atom stereocenters. The van der Waals surface area contributed by atoms with Crippen molar-refractivity contribution in [3.8, 4) is 23.0 Å². The van der Waals surface area contributed by atoms with Crippen molar-refractivity contribution >= 4 is 98.7 Å². The van der Waals surface area contributed by atoms with Gasteiger partial charge in [0, 0.05) is 55.4 Å². The molecule has 2 saturated heterocycles. The topological polar surface area (TPSA) is 185 Å². The fourth-order valence-electron chi connectivity index (χ4n) is 6.88. The van der Waals surface area contributed by atoms with Crippen LogP contribution in [0.4, 0.5) is 31.8 Å². The van der Waals surface area contributed by atoms with Crippen molar-refractivity contribution in [1.29, 1.82) is 0 Å². The summed E-state index contributed by atoms with van der Waals surface area (Å²) in [5.41, 5.74) is 1.69. The number of aromatic nitrogens is 4. The Kier molecular flexibility index (Phi) is 20.5. The highest BCUT2D eigenvalue weighted by Crippen LogP contribution is 2.38. The van der Waals surface area contributed by atoms with Crippen molar-refractivity contribution in [2.24, 2.45) is 0 Å². The molecule has 350 valence electrons. The number of nitrogens with zero attached hydrogens (tertiary/aromatic N) is 5. The van der Waals surface area contributed by atoms with Gasteiger partial charge < -0.3 is 50.0 Å². The van der Waals surface area contributed by atoms with Crippen LogP contribution >= 0.6 is 48.0 Å². The van der Waals surface area contributed by atoms with E-state index in [4.69, 9.17) is 52.4 Å². The van der Waals surface area contributed by atoms with Crippen molar-refractivity contribution in [3.05, 3.63) is 95.0 Å². The van der Waals surface area contributed by atoms with E-state index in [1.165, 1.54) is 31.9 Å². The van der Waals surface area contributed by atoms with Crippen molar-refractivity contribution < 1.29 is 42.7 Å². The molecular formula is C44H50Cl4F2N8O7. The fraction of sp³-hybridized carbons (Fsp3) is 0.341. The summed E-state index contributed by atoms with van der Waals surface area (Å²) in [6, 6.07) is 16.6. The van der Waals surface area contributed by atoms with Gasteiger partial charge in [0.15, 0.2) is 34.6 Å². The van der Waals surface area contributed by atoms with Crippen LogP contribution in [0.25, 0.3) is 21.8 Å². The minimum atomic E-state index is -0.574. The lowest BCUT2D eigenvalue weighted by Gasteiger charge is -2.32. The van der Waals surface area contributed by atoms with E-state index in [1.54, 1.807) is 61.4 Å². The smallest absolute Gasteiger partial charge is 0.248 e. The van der Waals surface area contributed by atoms with E-state index >= 15 is 0 Å². The molecule has 8 rings (SSSR count). The summed E-state index contributed by atoms with van der Waals surface area (Å²) >= 11 is 11.8. The molecule has 4 heterocycles. The predicted molar refractivity (Wildman–Crippen MR) is 253 cm³/mol. The molecule has 0 radical (unpaired) electrons. The van der Waals surface area contributed by atoms with E-state index in [2.05, 4.69) is 35.9 Å². The molecule has 2 fully saturated rings. The summed E-state index contributed by atoms with van der Waals surface area (Å²) in [5.74, 6) is 1.69. The SMILES string of the molecule is CCO.COc1cc2ncnc(Nc3cccc(Cl)c3F)c2cc1OC1CCN(C(=O)CO)CC1.COc1cc2ncnc(Nc3cccc(Cl)c3F)c2cc1OC1CCNCC1.Cl.Cl. The monoisotopic (exact) mass is 980 g/mol. The summed E-state index contributed by atoms with van der Waals surface area (Å²) in [6.07, 6.45) is 5.86. The van der Waals surface area contributed by atoms with E-state index in [0.717, 1.165) is 25.9 Å². The molecule has 65 heavy (non-hydrogen) atoms. The number of halogens is 6. The van der Waals surface area contributed by atoms with Gasteiger partial charge in [0.05, 0.1) is 46.7 Å². The van der Waals surface area contributed by atoms with Crippen LogP contribution in [-0.2, 0) is 4.79 Å². The van der Waals surface area contributed by atoms with E-state index in [1.807, 2.05) is 6.07 Å². The Labute approximate surface area is 397 Å². The molecule has 2 aromatic heterocycles. The maximum Gasteiger partial charge on any atom is 0.248 e. The molecule has 1 amide bonds. The molecular weight excluding hydrogens is 932 g/mol. The Morgan fingerprint density at radius 2 is 1.15 bits per heavy atom. The van der Waals surface area contributed by atoms with E-state index < -0.39 is 18.2 Å². The lowest BCUT2D eigenvalue weighted by atomic mass is 10.1. The number of carbonyl (C=O) groups is 1. The van der Waals surface area contributed by atoms with Crippen LogP contribution in [0.15, 0.2) is 73.3 Å². The van der Waals surface area contributed by atoms with Gasteiger partial charge in [-0.25, -0.2) is 28.7 Å². The minimum absolute atomic E-state index is 0. The predicted octanol–water partition coefficient (Wildman–Crippen LogP) is 8.68. The maximum atomic E-state index is 14.4. The molecule has 5 N–H and O–H groups in total.